The molecule has 12 heavy (non-hydrogen) atoms. The molecule has 0 aromatic heterocycles. The van der Waals surface area contributed by atoms with Gasteiger partial charge in [-0.05, 0) is 30.4 Å². The van der Waals surface area contributed by atoms with E-state index in [4.69, 9.17) is 0 Å². The summed E-state index contributed by atoms with van der Waals surface area (Å²) < 4.78 is 0. The van der Waals surface area contributed by atoms with Crippen molar-refractivity contribution in [1.29, 1.82) is 0 Å². The van der Waals surface area contributed by atoms with Gasteiger partial charge in [0.15, 0.2) is 0 Å². The maximum Gasteiger partial charge on any atom is 0.0899 e. The Kier molecular flexibility index (Phi) is 1.69. The van der Waals surface area contributed by atoms with E-state index in [0.717, 1.165) is 24.8 Å². The molecule has 64 valence electrons. The van der Waals surface area contributed by atoms with Gasteiger partial charge in [0, 0.05) is 0 Å². The van der Waals surface area contributed by atoms with Gasteiger partial charge in [-0.3, -0.25) is 0 Å². The van der Waals surface area contributed by atoms with E-state index >= 15 is 0 Å². The minimum Gasteiger partial charge on any atom is -0.385 e. The van der Waals surface area contributed by atoms with E-state index in [9.17, 15) is 5.11 Å². The third-order valence-electron chi connectivity index (χ3n) is 2.62. The van der Waals surface area contributed by atoms with Crippen LogP contribution in [0.3, 0.4) is 0 Å². The van der Waals surface area contributed by atoms with Gasteiger partial charge in [-0.2, -0.15) is 0 Å². The highest BCUT2D eigenvalue weighted by atomic mass is 16.3. The average Bonchev–Trinajstić information content (AvgIpc) is 2.85. The first kappa shape index (κ1) is 7.81. The van der Waals surface area contributed by atoms with E-state index in [1.807, 2.05) is 12.1 Å². The van der Waals surface area contributed by atoms with Gasteiger partial charge in [0.05, 0.1) is 5.60 Å². The zero-order valence-corrected chi connectivity index (χ0v) is 7.38. The molecule has 1 nitrogen and oxygen atoms in total. The minimum atomic E-state index is -0.466. The Morgan fingerprint density at radius 3 is 2.25 bits per heavy atom. The largest absolute Gasteiger partial charge is 0.385 e. The summed E-state index contributed by atoms with van der Waals surface area (Å²) in [5, 5.41) is 9.76. The molecule has 0 saturated heterocycles. The fraction of sp³-hybridized carbons (Fsp3) is 0.455. The zero-order chi connectivity index (χ0) is 8.60. The van der Waals surface area contributed by atoms with Crippen LogP contribution in [0.1, 0.15) is 30.9 Å². The molecule has 1 fully saturated rings. The SMILES string of the molecule is CCc1ccc(C2(O)CC2)cc1. The Bertz CT molecular complexity index is 270. The van der Waals surface area contributed by atoms with Crippen LogP contribution in [-0.2, 0) is 12.0 Å². The number of hydrogen-bond acceptors (Lipinski definition) is 1. The van der Waals surface area contributed by atoms with E-state index in [1.54, 1.807) is 0 Å². The Morgan fingerprint density at radius 2 is 1.83 bits per heavy atom. The molecular formula is C11H14O. The maximum atomic E-state index is 9.76. The molecule has 0 atom stereocenters. The van der Waals surface area contributed by atoms with Crippen LogP contribution in [0, 0.1) is 0 Å². The zero-order valence-electron chi connectivity index (χ0n) is 7.38. The second-order valence-corrected chi connectivity index (χ2v) is 3.58. The third kappa shape index (κ3) is 1.25. The molecule has 0 radical (unpaired) electrons. The van der Waals surface area contributed by atoms with Gasteiger partial charge < -0.3 is 5.11 Å². The lowest BCUT2D eigenvalue weighted by Gasteiger charge is -2.07. The smallest absolute Gasteiger partial charge is 0.0899 e. The summed E-state index contributed by atoms with van der Waals surface area (Å²) in [6, 6.07) is 8.30. The molecule has 0 amide bonds. The first-order chi connectivity index (χ1) is 5.74. The fourth-order valence-electron chi connectivity index (χ4n) is 1.46. The quantitative estimate of drug-likeness (QED) is 0.707. The number of rotatable bonds is 2. The molecule has 1 saturated carbocycles. The predicted molar refractivity (Wildman–Crippen MR) is 49.0 cm³/mol. The molecule has 1 aliphatic rings. The summed E-state index contributed by atoms with van der Waals surface area (Å²) >= 11 is 0. The van der Waals surface area contributed by atoms with Crippen LogP contribution in [0.4, 0.5) is 0 Å². The van der Waals surface area contributed by atoms with Crippen molar-refractivity contribution in [3.63, 3.8) is 0 Å². The van der Waals surface area contributed by atoms with Crippen LogP contribution >= 0.6 is 0 Å². The van der Waals surface area contributed by atoms with Crippen LogP contribution in [0.2, 0.25) is 0 Å². The highest BCUT2D eigenvalue weighted by molar-refractivity contribution is 5.30. The minimum absolute atomic E-state index is 0.466. The summed E-state index contributed by atoms with van der Waals surface area (Å²) in [5.74, 6) is 0. The predicted octanol–water partition coefficient (Wildman–Crippen LogP) is 2.23. The van der Waals surface area contributed by atoms with Crippen molar-refractivity contribution >= 4 is 0 Å². The Labute approximate surface area is 73.0 Å². The summed E-state index contributed by atoms with van der Waals surface area (Å²) in [5.41, 5.74) is 1.95. The number of aliphatic hydroxyl groups is 1. The van der Waals surface area contributed by atoms with Gasteiger partial charge >= 0.3 is 0 Å². The van der Waals surface area contributed by atoms with Crippen molar-refractivity contribution in [2.45, 2.75) is 31.8 Å². The highest BCUT2D eigenvalue weighted by Crippen LogP contribution is 2.45. The van der Waals surface area contributed by atoms with E-state index in [2.05, 4.69) is 19.1 Å². The van der Waals surface area contributed by atoms with E-state index in [0.29, 0.717) is 0 Å². The lowest BCUT2D eigenvalue weighted by Crippen LogP contribution is -2.03. The topological polar surface area (TPSA) is 20.2 Å². The Morgan fingerprint density at radius 1 is 1.25 bits per heavy atom. The lowest BCUT2D eigenvalue weighted by molar-refractivity contribution is 0.151. The van der Waals surface area contributed by atoms with Crippen LogP contribution < -0.4 is 0 Å². The monoisotopic (exact) mass is 162 g/mol. The van der Waals surface area contributed by atoms with Crippen molar-refractivity contribution in [1.82, 2.24) is 0 Å². The van der Waals surface area contributed by atoms with Gasteiger partial charge in [0.25, 0.3) is 0 Å². The van der Waals surface area contributed by atoms with Crippen LogP contribution in [0.25, 0.3) is 0 Å². The summed E-state index contributed by atoms with van der Waals surface area (Å²) in [6.07, 6.45) is 2.93. The summed E-state index contributed by atoms with van der Waals surface area (Å²) in [7, 11) is 0. The Hall–Kier alpha value is -0.820. The maximum absolute atomic E-state index is 9.76. The van der Waals surface area contributed by atoms with Crippen molar-refractivity contribution in [2.75, 3.05) is 0 Å². The van der Waals surface area contributed by atoms with Gasteiger partial charge in [0.1, 0.15) is 0 Å². The molecule has 1 aromatic carbocycles. The molecule has 0 aliphatic heterocycles. The first-order valence-electron chi connectivity index (χ1n) is 4.56. The van der Waals surface area contributed by atoms with Gasteiger partial charge in [-0.15, -0.1) is 0 Å². The van der Waals surface area contributed by atoms with Crippen LogP contribution in [0.5, 0.6) is 0 Å². The van der Waals surface area contributed by atoms with Gasteiger partial charge in [-0.25, -0.2) is 0 Å². The molecule has 0 unspecified atom stereocenters. The number of aryl methyl sites for hydroxylation is 1. The van der Waals surface area contributed by atoms with Crippen molar-refractivity contribution in [2.24, 2.45) is 0 Å². The van der Waals surface area contributed by atoms with E-state index in [-0.39, 0.29) is 0 Å². The summed E-state index contributed by atoms with van der Waals surface area (Å²) in [4.78, 5) is 0. The molecule has 1 aliphatic carbocycles. The van der Waals surface area contributed by atoms with E-state index in [1.165, 1.54) is 5.56 Å². The van der Waals surface area contributed by atoms with E-state index < -0.39 is 5.60 Å². The van der Waals surface area contributed by atoms with Gasteiger partial charge in [0.2, 0.25) is 0 Å². The third-order valence-corrected chi connectivity index (χ3v) is 2.62. The van der Waals surface area contributed by atoms with Crippen LogP contribution in [0.15, 0.2) is 24.3 Å². The Balaban J connectivity index is 2.25. The lowest BCUT2D eigenvalue weighted by atomic mass is 10.0. The molecule has 0 heterocycles. The van der Waals surface area contributed by atoms with Crippen molar-refractivity contribution in [3.05, 3.63) is 35.4 Å². The average molecular weight is 162 g/mol. The fourth-order valence-corrected chi connectivity index (χ4v) is 1.46. The molecule has 0 spiro atoms. The van der Waals surface area contributed by atoms with Crippen molar-refractivity contribution in [3.8, 4) is 0 Å². The van der Waals surface area contributed by atoms with Crippen LogP contribution in [-0.4, -0.2) is 5.11 Å². The molecule has 1 N–H and O–H groups in total. The molecule has 2 rings (SSSR count). The number of hydrogen-bond donors (Lipinski definition) is 1. The molecule has 0 bridgehead atoms. The second-order valence-electron chi connectivity index (χ2n) is 3.58. The molecular weight excluding hydrogens is 148 g/mol. The first-order valence-corrected chi connectivity index (χ1v) is 4.56. The van der Waals surface area contributed by atoms with Gasteiger partial charge in [-0.1, -0.05) is 31.2 Å². The van der Waals surface area contributed by atoms with Crippen molar-refractivity contribution < 1.29 is 5.11 Å². The second kappa shape index (κ2) is 2.60. The normalized spacial score (nSPS) is 19.2. The number of benzene rings is 1. The highest BCUT2D eigenvalue weighted by Gasteiger charge is 2.41. The standard InChI is InChI=1S/C11H14O/c1-2-9-3-5-10(6-4-9)11(12)7-8-11/h3-6,12H,2,7-8H2,1H3. The summed E-state index contributed by atoms with van der Waals surface area (Å²) in [6.45, 7) is 2.14. The molecule has 1 heteroatoms. The molecule has 1 aromatic rings.